The summed E-state index contributed by atoms with van der Waals surface area (Å²) in [5, 5.41) is 1.63. The van der Waals surface area contributed by atoms with Crippen LogP contribution in [-0.4, -0.2) is 8.07 Å². The zero-order valence-corrected chi connectivity index (χ0v) is 14.2. The summed E-state index contributed by atoms with van der Waals surface area (Å²) >= 11 is 0. The van der Waals surface area contributed by atoms with E-state index in [1.165, 1.54) is 31.4 Å². The molecule has 1 aliphatic rings. The average Bonchev–Trinajstić information content (AvgIpc) is 2.97. The normalized spacial score (nSPS) is 18.4. The first-order chi connectivity index (χ1) is 9.76. The fourth-order valence-corrected chi connectivity index (χ4v) is 8.05. The second-order valence-corrected chi connectivity index (χ2v) is 10.9. The monoisotopic (exact) mass is 284 g/mol. The Bertz CT molecular complexity index is 466. The highest BCUT2D eigenvalue weighted by molar-refractivity contribution is 6.93. The van der Waals surface area contributed by atoms with Crippen LogP contribution in [0.3, 0.4) is 0 Å². The lowest BCUT2D eigenvalue weighted by Crippen LogP contribution is -2.49. The number of unbranched alkanes of at least 4 members (excludes halogenated alkanes) is 1. The van der Waals surface area contributed by atoms with Gasteiger partial charge >= 0.3 is 0 Å². The van der Waals surface area contributed by atoms with Crippen molar-refractivity contribution in [2.45, 2.75) is 57.7 Å². The molecule has 2 rings (SSSR count). The minimum atomic E-state index is -1.43. The van der Waals surface area contributed by atoms with Gasteiger partial charge in [0.05, 0.1) is 8.07 Å². The lowest BCUT2D eigenvalue weighted by molar-refractivity contribution is 0.798. The van der Waals surface area contributed by atoms with Gasteiger partial charge in [0.15, 0.2) is 0 Å². The van der Waals surface area contributed by atoms with Crippen LogP contribution in [0.2, 0.25) is 17.6 Å². The highest BCUT2D eigenvalue weighted by atomic mass is 28.3. The first-order valence-corrected chi connectivity index (χ1v) is 10.7. The van der Waals surface area contributed by atoms with Crippen LogP contribution in [0.5, 0.6) is 0 Å². The molecule has 0 spiro atoms. The quantitative estimate of drug-likeness (QED) is 0.585. The molecule has 0 nitrogen and oxygen atoms in total. The first-order valence-electron chi connectivity index (χ1n) is 8.21. The number of hydrogen-bond donors (Lipinski definition) is 0. The molecule has 0 fully saturated rings. The zero-order chi connectivity index (χ0) is 14.4. The van der Waals surface area contributed by atoms with E-state index in [0.717, 1.165) is 0 Å². The number of allylic oxidation sites excluding steroid dienone is 4. The van der Waals surface area contributed by atoms with Crippen molar-refractivity contribution in [1.29, 1.82) is 0 Å². The van der Waals surface area contributed by atoms with Gasteiger partial charge in [-0.25, -0.2) is 0 Å². The SMILES string of the molecule is CCCCC1=CC([Si](CC)(CC)c2ccccc2)C=C1. The summed E-state index contributed by atoms with van der Waals surface area (Å²) in [6.45, 7) is 7.07. The zero-order valence-electron chi connectivity index (χ0n) is 13.2. The predicted octanol–water partition coefficient (Wildman–Crippen LogP) is 5.44. The average molecular weight is 285 g/mol. The summed E-state index contributed by atoms with van der Waals surface area (Å²) in [7, 11) is -1.43. The fraction of sp³-hybridized carbons (Fsp3) is 0.474. The largest absolute Gasteiger partial charge is 0.0966 e. The summed E-state index contributed by atoms with van der Waals surface area (Å²) in [4.78, 5) is 0. The van der Waals surface area contributed by atoms with Gasteiger partial charge in [0.1, 0.15) is 0 Å². The van der Waals surface area contributed by atoms with Crippen LogP contribution in [0.1, 0.15) is 40.0 Å². The van der Waals surface area contributed by atoms with Crippen molar-refractivity contribution in [3.8, 4) is 0 Å². The molecule has 0 heterocycles. The Morgan fingerprint density at radius 3 is 2.30 bits per heavy atom. The maximum atomic E-state index is 2.59. The first kappa shape index (κ1) is 15.3. The van der Waals surface area contributed by atoms with Gasteiger partial charge in [-0.15, -0.1) is 0 Å². The van der Waals surface area contributed by atoms with Gasteiger partial charge in [-0.3, -0.25) is 0 Å². The Morgan fingerprint density at radius 2 is 1.70 bits per heavy atom. The Balaban J connectivity index is 2.27. The predicted molar refractivity (Wildman–Crippen MR) is 93.3 cm³/mol. The molecule has 1 aromatic carbocycles. The molecule has 0 radical (unpaired) electrons. The molecule has 0 saturated heterocycles. The van der Waals surface area contributed by atoms with Crippen LogP contribution in [-0.2, 0) is 0 Å². The van der Waals surface area contributed by atoms with Gasteiger partial charge in [-0.2, -0.15) is 0 Å². The minimum Gasteiger partial charge on any atom is -0.0797 e. The van der Waals surface area contributed by atoms with E-state index >= 15 is 0 Å². The van der Waals surface area contributed by atoms with Crippen molar-refractivity contribution in [2.24, 2.45) is 0 Å². The smallest absolute Gasteiger partial charge is 0.0797 e. The molecule has 0 N–H and O–H groups in total. The maximum absolute atomic E-state index is 2.59. The molecule has 108 valence electrons. The van der Waals surface area contributed by atoms with Gasteiger partial charge in [0.2, 0.25) is 0 Å². The molecule has 1 unspecified atom stereocenters. The van der Waals surface area contributed by atoms with Crippen LogP contribution in [0.25, 0.3) is 0 Å². The topological polar surface area (TPSA) is 0 Å². The maximum Gasteiger partial charge on any atom is 0.0966 e. The Kier molecular flexibility index (Phi) is 5.42. The molecule has 0 saturated carbocycles. The summed E-state index contributed by atoms with van der Waals surface area (Å²) in [6.07, 6.45) is 11.4. The Morgan fingerprint density at radius 1 is 1.00 bits per heavy atom. The molecular weight excluding hydrogens is 256 g/mol. The number of rotatable bonds is 7. The van der Waals surface area contributed by atoms with E-state index in [9.17, 15) is 0 Å². The number of benzene rings is 1. The van der Waals surface area contributed by atoms with E-state index in [-0.39, 0.29) is 0 Å². The van der Waals surface area contributed by atoms with Crippen molar-refractivity contribution in [1.82, 2.24) is 0 Å². The molecule has 1 atom stereocenters. The van der Waals surface area contributed by atoms with E-state index in [1.807, 2.05) is 0 Å². The minimum absolute atomic E-state index is 0.701. The second kappa shape index (κ2) is 7.08. The third kappa shape index (κ3) is 2.98. The third-order valence-electron chi connectivity index (χ3n) is 4.98. The van der Waals surface area contributed by atoms with Crippen molar-refractivity contribution < 1.29 is 0 Å². The van der Waals surface area contributed by atoms with E-state index in [1.54, 1.807) is 10.8 Å². The van der Waals surface area contributed by atoms with Crippen LogP contribution in [0, 0.1) is 0 Å². The van der Waals surface area contributed by atoms with Gasteiger partial charge in [-0.1, -0.05) is 98.6 Å². The lowest BCUT2D eigenvalue weighted by atomic mass is 10.1. The van der Waals surface area contributed by atoms with E-state index < -0.39 is 8.07 Å². The van der Waals surface area contributed by atoms with Crippen molar-refractivity contribution in [3.63, 3.8) is 0 Å². The summed E-state index contributed by atoms with van der Waals surface area (Å²) in [5.74, 6) is 0. The summed E-state index contributed by atoms with van der Waals surface area (Å²) < 4.78 is 0. The van der Waals surface area contributed by atoms with Crippen LogP contribution >= 0.6 is 0 Å². The van der Waals surface area contributed by atoms with E-state index in [0.29, 0.717) is 5.54 Å². The van der Waals surface area contributed by atoms with Crippen molar-refractivity contribution in [3.05, 3.63) is 54.1 Å². The third-order valence-corrected chi connectivity index (χ3v) is 10.6. The molecule has 0 bridgehead atoms. The Labute approximate surface area is 125 Å². The van der Waals surface area contributed by atoms with E-state index in [2.05, 4.69) is 69.3 Å². The van der Waals surface area contributed by atoms with Crippen LogP contribution in [0.15, 0.2) is 54.1 Å². The summed E-state index contributed by atoms with van der Waals surface area (Å²) in [5.41, 5.74) is 2.28. The van der Waals surface area contributed by atoms with Gasteiger partial charge < -0.3 is 0 Å². The van der Waals surface area contributed by atoms with Gasteiger partial charge in [0.25, 0.3) is 0 Å². The molecule has 1 aliphatic carbocycles. The molecule has 0 aliphatic heterocycles. The highest BCUT2D eigenvalue weighted by Crippen LogP contribution is 2.37. The molecular formula is C19H28Si. The summed E-state index contributed by atoms with van der Waals surface area (Å²) in [6, 6.07) is 14.0. The van der Waals surface area contributed by atoms with E-state index in [4.69, 9.17) is 0 Å². The van der Waals surface area contributed by atoms with Crippen molar-refractivity contribution >= 4 is 13.3 Å². The highest BCUT2D eigenvalue weighted by Gasteiger charge is 2.38. The van der Waals surface area contributed by atoms with Crippen LogP contribution < -0.4 is 5.19 Å². The molecule has 20 heavy (non-hydrogen) atoms. The lowest BCUT2D eigenvalue weighted by Gasteiger charge is -2.34. The van der Waals surface area contributed by atoms with Gasteiger partial charge in [-0.05, 0) is 18.4 Å². The Hall–Kier alpha value is -1.08. The second-order valence-electron chi connectivity index (χ2n) is 5.96. The fourth-order valence-electron chi connectivity index (χ4n) is 3.55. The van der Waals surface area contributed by atoms with Gasteiger partial charge in [0, 0.05) is 0 Å². The standard InChI is InChI=1S/C19H28Si/c1-4-7-11-17-14-15-19(16-17)20(5-2,6-3)18-12-9-8-10-13-18/h8-10,12-16,19H,4-7,11H2,1-3H3. The number of hydrogen-bond acceptors (Lipinski definition) is 0. The molecule has 0 amide bonds. The van der Waals surface area contributed by atoms with Crippen LogP contribution in [0.4, 0.5) is 0 Å². The molecule has 1 heteroatoms. The molecule has 0 aromatic heterocycles. The van der Waals surface area contributed by atoms with Crippen molar-refractivity contribution in [2.75, 3.05) is 0 Å². The molecule has 1 aromatic rings.